The molecule has 0 aliphatic carbocycles. The van der Waals surface area contributed by atoms with Gasteiger partial charge in [0.15, 0.2) is 0 Å². The Bertz CT molecular complexity index is 1350. The molecule has 0 saturated carbocycles. The number of carbonyl (C=O) groups excluding carboxylic acids is 2. The van der Waals surface area contributed by atoms with E-state index in [1.54, 1.807) is 25.1 Å². The Kier molecular flexibility index (Phi) is 10.6. The summed E-state index contributed by atoms with van der Waals surface area (Å²) in [7, 11) is -4.31. The lowest BCUT2D eigenvalue weighted by Gasteiger charge is -2.33. The first kappa shape index (κ1) is 29.8. The van der Waals surface area contributed by atoms with E-state index in [4.69, 9.17) is 0 Å². The number of nitrogens with one attached hydrogen (secondary N) is 1. The fourth-order valence-electron chi connectivity index (χ4n) is 4.20. The van der Waals surface area contributed by atoms with Crippen LogP contribution in [0.1, 0.15) is 44.2 Å². The maximum atomic E-state index is 15.0. The molecule has 3 rings (SSSR count). The van der Waals surface area contributed by atoms with Crippen molar-refractivity contribution in [2.45, 2.75) is 57.5 Å². The maximum absolute atomic E-state index is 15.0. The molecule has 7 nitrogen and oxygen atoms in total. The molecule has 0 spiro atoms. The standard InChI is InChI=1S/C30H36FN3O4S/c1-4-6-20-32-30(36)27(5-2)33(21-24-18-16-23(3)17-19-24)29(35)22-34(28-15-11-10-14-26(28)31)39(37,38)25-12-8-7-9-13-25/h7-19,27H,4-6,20-22H2,1-3H3,(H,32,36). The summed E-state index contributed by atoms with van der Waals surface area (Å²) in [6.45, 7) is 5.65. The molecule has 0 aliphatic heterocycles. The largest absolute Gasteiger partial charge is 0.354 e. The van der Waals surface area contributed by atoms with Gasteiger partial charge in [-0.15, -0.1) is 0 Å². The number of carbonyl (C=O) groups is 2. The number of sulfonamides is 1. The highest BCUT2D eigenvalue weighted by Gasteiger charge is 2.34. The molecule has 208 valence electrons. The van der Waals surface area contributed by atoms with Crippen LogP contribution < -0.4 is 9.62 Å². The van der Waals surface area contributed by atoms with Gasteiger partial charge in [0.05, 0.1) is 10.6 Å². The average molecular weight is 554 g/mol. The molecule has 1 atom stereocenters. The highest BCUT2D eigenvalue weighted by molar-refractivity contribution is 7.92. The lowest BCUT2D eigenvalue weighted by Crippen LogP contribution is -2.52. The average Bonchev–Trinajstić information content (AvgIpc) is 2.93. The molecule has 3 aromatic carbocycles. The summed E-state index contributed by atoms with van der Waals surface area (Å²) in [6.07, 6.45) is 2.02. The number of benzene rings is 3. The van der Waals surface area contributed by atoms with Gasteiger partial charge in [0, 0.05) is 13.1 Å². The van der Waals surface area contributed by atoms with Crippen LogP contribution in [0.3, 0.4) is 0 Å². The van der Waals surface area contributed by atoms with E-state index in [1.807, 2.05) is 38.1 Å². The van der Waals surface area contributed by atoms with E-state index in [-0.39, 0.29) is 23.0 Å². The number of aryl methyl sites for hydroxylation is 1. The summed E-state index contributed by atoms with van der Waals surface area (Å²) >= 11 is 0. The summed E-state index contributed by atoms with van der Waals surface area (Å²) in [4.78, 5) is 28.4. The molecule has 2 amide bonds. The third-order valence-electron chi connectivity index (χ3n) is 6.42. The maximum Gasteiger partial charge on any atom is 0.264 e. The zero-order valence-electron chi connectivity index (χ0n) is 22.6. The number of amides is 2. The van der Waals surface area contributed by atoms with Gasteiger partial charge >= 0.3 is 0 Å². The van der Waals surface area contributed by atoms with Crippen molar-refractivity contribution in [1.29, 1.82) is 0 Å². The Morgan fingerprint density at radius 2 is 1.56 bits per heavy atom. The fourth-order valence-corrected chi connectivity index (χ4v) is 5.65. The second-order valence-electron chi connectivity index (χ2n) is 9.35. The van der Waals surface area contributed by atoms with Crippen molar-refractivity contribution in [1.82, 2.24) is 10.2 Å². The first-order chi connectivity index (χ1) is 18.7. The van der Waals surface area contributed by atoms with Crippen molar-refractivity contribution in [3.63, 3.8) is 0 Å². The predicted molar refractivity (Wildman–Crippen MR) is 151 cm³/mol. The number of anilines is 1. The summed E-state index contributed by atoms with van der Waals surface area (Å²) in [5, 5.41) is 2.89. The second kappa shape index (κ2) is 13.9. The lowest BCUT2D eigenvalue weighted by molar-refractivity contribution is -0.140. The molecule has 3 aromatic rings. The minimum atomic E-state index is -4.31. The van der Waals surface area contributed by atoms with Crippen LogP contribution in [0.4, 0.5) is 10.1 Å². The fraction of sp³-hybridized carbons (Fsp3) is 0.333. The van der Waals surface area contributed by atoms with E-state index in [2.05, 4.69) is 5.32 Å². The molecule has 1 unspecified atom stereocenters. The summed E-state index contributed by atoms with van der Waals surface area (Å²) in [5.41, 5.74) is 1.59. The zero-order valence-corrected chi connectivity index (χ0v) is 23.5. The van der Waals surface area contributed by atoms with E-state index in [1.165, 1.54) is 35.2 Å². The van der Waals surface area contributed by atoms with Gasteiger partial charge in [-0.1, -0.05) is 80.4 Å². The SMILES string of the molecule is CCCCNC(=O)C(CC)N(Cc1ccc(C)cc1)C(=O)CN(c1ccccc1F)S(=O)(=O)c1ccccc1. The van der Waals surface area contributed by atoms with Gasteiger partial charge in [0.25, 0.3) is 10.0 Å². The zero-order chi connectivity index (χ0) is 28.4. The smallest absolute Gasteiger partial charge is 0.264 e. The molecule has 0 bridgehead atoms. The first-order valence-corrected chi connectivity index (χ1v) is 14.6. The topological polar surface area (TPSA) is 86.8 Å². The Morgan fingerprint density at radius 1 is 0.923 bits per heavy atom. The number of halogens is 1. The Morgan fingerprint density at radius 3 is 2.18 bits per heavy atom. The number of nitrogens with zero attached hydrogens (tertiary/aromatic N) is 2. The molecule has 1 N–H and O–H groups in total. The van der Waals surface area contributed by atoms with Crippen molar-refractivity contribution >= 4 is 27.5 Å². The second-order valence-corrected chi connectivity index (χ2v) is 11.2. The number of rotatable bonds is 13. The van der Waals surface area contributed by atoms with Gasteiger partial charge in [-0.3, -0.25) is 13.9 Å². The van der Waals surface area contributed by atoms with Crippen molar-refractivity contribution in [3.8, 4) is 0 Å². The van der Waals surface area contributed by atoms with E-state index >= 15 is 0 Å². The van der Waals surface area contributed by atoms with Crippen LogP contribution in [0.25, 0.3) is 0 Å². The number of hydrogen-bond donors (Lipinski definition) is 1. The van der Waals surface area contributed by atoms with E-state index in [0.717, 1.165) is 34.3 Å². The molecule has 0 radical (unpaired) electrons. The van der Waals surface area contributed by atoms with Crippen LogP contribution >= 0.6 is 0 Å². The molecular formula is C30H36FN3O4S. The normalized spacial score (nSPS) is 12.0. The van der Waals surface area contributed by atoms with E-state index < -0.39 is 34.3 Å². The molecule has 0 aliphatic rings. The van der Waals surface area contributed by atoms with E-state index in [0.29, 0.717) is 13.0 Å². The van der Waals surface area contributed by atoms with Gasteiger partial charge in [0.1, 0.15) is 18.4 Å². The third-order valence-corrected chi connectivity index (χ3v) is 8.19. The molecule has 0 aromatic heterocycles. The van der Waals surface area contributed by atoms with Crippen molar-refractivity contribution in [2.24, 2.45) is 0 Å². The number of hydrogen-bond acceptors (Lipinski definition) is 4. The van der Waals surface area contributed by atoms with Crippen LogP contribution in [0.5, 0.6) is 0 Å². The number of para-hydroxylation sites is 1. The van der Waals surface area contributed by atoms with Gasteiger partial charge in [0.2, 0.25) is 11.8 Å². The Labute approximate surface area is 230 Å². The molecule has 0 heterocycles. The minimum Gasteiger partial charge on any atom is -0.354 e. The molecular weight excluding hydrogens is 517 g/mol. The van der Waals surface area contributed by atoms with Crippen LogP contribution in [-0.4, -0.2) is 44.3 Å². The molecule has 9 heteroatoms. The molecule has 0 fully saturated rings. The van der Waals surface area contributed by atoms with Gasteiger partial charge in [-0.05, 0) is 49.6 Å². The van der Waals surface area contributed by atoms with Crippen molar-refractivity contribution < 1.29 is 22.4 Å². The monoisotopic (exact) mass is 553 g/mol. The van der Waals surface area contributed by atoms with E-state index in [9.17, 15) is 22.4 Å². The van der Waals surface area contributed by atoms with Crippen molar-refractivity contribution in [2.75, 3.05) is 17.4 Å². The predicted octanol–water partition coefficient (Wildman–Crippen LogP) is 5.05. The minimum absolute atomic E-state index is 0.0736. The van der Waals surface area contributed by atoms with Crippen LogP contribution in [0.2, 0.25) is 0 Å². The molecule has 0 saturated heterocycles. The van der Waals surface area contributed by atoms with Gasteiger partial charge in [-0.2, -0.15) is 0 Å². The van der Waals surface area contributed by atoms with Crippen molar-refractivity contribution in [3.05, 3.63) is 95.8 Å². The Hall–Kier alpha value is -3.72. The van der Waals surface area contributed by atoms with Gasteiger partial charge < -0.3 is 10.2 Å². The van der Waals surface area contributed by atoms with Crippen LogP contribution in [0.15, 0.2) is 83.8 Å². The van der Waals surface area contributed by atoms with Crippen LogP contribution in [0, 0.1) is 12.7 Å². The first-order valence-electron chi connectivity index (χ1n) is 13.1. The quantitative estimate of drug-likeness (QED) is 0.300. The van der Waals surface area contributed by atoms with Crippen LogP contribution in [-0.2, 0) is 26.2 Å². The number of unbranched alkanes of at least 4 members (excludes halogenated alkanes) is 1. The summed E-state index contributed by atoms with van der Waals surface area (Å²) in [5.74, 6) is -1.70. The Balaban J connectivity index is 2.03. The molecule has 39 heavy (non-hydrogen) atoms. The lowest BCUT2D eigenvalue weighted by atomic mass is 10.1. The third kappa shape index (κ3) is 7.66. The highest BCUT2D eigenvalue weighted by atomic mass is 32.2. The summed E-state index contributed by atoms with van der Waals surface area (Å²) in [6, 6.07) is 19.7. The highest BCUT2D eigenvalue weighted by Crippen LogP contribution is 2.27. The van der Waals surface area contributed by atoms with Gasteiger partial charge in [-0.25, -0.2) is 12.8 Å². The summed E-state index contributed by atoms with van der Waals surface area (Å²) < 4.78 is 43.1.